The van der Waals surface area contributed by atoms with Crippen LogP contribution in [0.5, 0.6) is 0 Å². The van der Waals surface area contributed by atoms with E-state index in [-0.39, 0.29) is 23.9 Å². The number of carbonyl (C=O) groups excluding carboxylic acids is 2. The number of amides is 2. The lowest BCUT2D eigenvalue weighted by Gasteiger charge is -2.31. The first-order valence-electron chi connectivity index (χ1n) is 12.0. The molecule has 2 heterocycles. The normalized spacial score (nSPS) is 21.2. The summed E-state index contributed by atoms with van der Waals surface area (Å²) in [6.45, 7) is 1.40. The van der Waals surface area contributed by atoms with Crippen molar-refractivity contribution < 1.29 is 23.1 Å². The maximum Gasteiger partial charge on any atom is 0.410 e. The van der Waals surface area contributed by atoms with Crippen LogP contribution in [0.2, 0.25) is 0 Å². The predicted octanol–water partition coefficient (Wildman–Crippen LogP) is 5.33. The van der Waals surface area contributed by atoms with Crippen molar-refractivity contribution in [3.63, 3.8) is 0 Å². The van der Waals surface area contributed by atoms with Gasteiger partial charge in [0, 0.05) is 31.1 Å². The third-order valence-electron chi connectivity index (χ3n) is 6.87. The molecule has 3 aliphatic rings. The summed E-state index contributed by atoms with van der Waals surface area (Å²) in [6.07, 6.45) is 5.11. The van der Waals surface area contributed by atoms with Crippen LogP contribution >= 0.6 is 0 Å². The summed E-state index contributed by atoms with van der Waals surface area (Å²) in [5.41, 5.74) is 1.54. The lowest BCUT2D eigenvalue weighted by Crippen LogP contribution is -2.46. The number of piperidine rings is 1. The van der Waals surface area contributed by atoms with Crippen molar-refractivity contribution in [1.82, 2.24) is 9.80 Å². The highest BCUT2D eigenvalue weighted by Gasteiger charge is 2.45. The van der Waals surface area contributed by atoms with Crippen LogP contribution in [-0.2, 0) is 9.53 Å². The molecule has 0 aromatic heterocycles. The number of benzene rings is 2. The maximum absolute atomic E-state index is 14.6. The Hall–Kier alpha value is -3.22. The molecule has 2 aromatic rings. The monoisotopic (exact) mass is 466 g/mol. The van der Waals surface area contributed by atoms with Crippen LogP contribution in [0, 0.1) is 17.6 Å². The van der Waals surface area contributed by atoms with Crippen molar-refractivity contribution in [2.75, 3.05) is 19.6 Å². The lowest BCUT2D eigenvalue weighted by atomic mass is 10.0. The van der Waals surface area contributed by atoms with Gasteiger partial charge in [-0.05, 0) is 61.4 Å². The number of hydrogen-bond donors (Lipinski definition) is 0. The van der Waals surface area contributed by atoms with Gasteiger partial charge < -0.3 is 14.5 Å². The molecule has 0 spiro atoms. The topological polar surface area (TPSA) is 49.9 Å². The first-order chi connectivity index (χ1) is 16.5. The summed E-state index contributed by atoms with van der Waals surface area (Å²) in [5.74, 6) is -1.37. The number of likely N-dealkylation sites (tertiary alicyclic amines) is 1. The second-order valence-electron chi connectivity index (χ2n) is 9.33. The summed E-state index contributed by atoms with van der Waals surface area (Å²) < 4.78 is 34.3. The number of hydrogen-bond acceptors (Lipinski definition) is 3. The quantitative estimate of drug-likeness (QED) is 0.598. The second kappa shape index (κ2) is 9.57. The summed E-state index contributed by atoms with van der Waals surface area (Å²) in [5, 5.41) is 0. The number of halogens is 2. The Morgan fingerprint density at radius 2 is 1.71 bits per heavy atom. The van der Waals surface area contributed by atoms with Crippen molar-refractivity contribution in [2.45, 2.75) is 44.2 Å². The van der Waals surface area contributed by atoms with E-state index in [2.05, 4.69) is 0 Å². The van der Waals surface area contributed by atoms with Crippen LogP contribution < -0.4 is 0 Å². The van der Waals surface area contributed by atoms with Crippen molar-refractivity contribution in [3.05, 3.63) is 77.4 Å². The Morgan fingerprint density at radius 1 is 0.971 bits per heavy atom. The Kier molecular flexibility index (Phi) is 6.35. The van der Waals surface area contributed by atoms with Gasteiger partial charge in [-0.15, -0.1) is 0 Å². The molecule has 0 unspecified atom stereocenters. The molecule has 0 N–H and O–H groups in total. The third kappa shape index (κ3) is 4.69. The molecular weight excluding hydrogens is 438 g/mol. The molecule has 2 aromatic carbocycles. The molecule has 2 atom stereocenters. The molecule has 7 heteroatoms. The number of nitrogens with zero attached hydrogens (tertiary/aromatic N) is 2. The van der Waals surface area contributed by atoms with E-state index in [1.807, 2.05) is 36.4 Å². The van der Waals surface area contributed by atoms with Crippen molar-refractivity contribution in [1.29, 1.82) is 0 Å². The first kappa shape index (κ1) is 22.6. The molecular formula is C27H28F2N2O3. The van der Waals surface area contributed by atoms with Crippen LogP contribution in [-0.4, -0.2) is 47.5 Å². The van der Waals surface area contributed by atoms with Crippen LogP contribution in [0.25, 0.3) is 5.57 Å². The highest BCUT2D eigenvalue weighted by atomic mass is 19.1. The minimum absolute atomic E-state index is 0.00683. The van der Waals surface area contributed by atoms with E-state index < -0.39 is 29.9 Å². The number of ether oxygens (including phenoxy) is 1. The van der Waals surface area contributed by atoms with E-state index in [0.717, 1.165) is 55.9 Å². The van der Waals surface area contributed by atoms with Crippen molar-refractivity contribution in [2.24, 2.45) is 5.92 Å². The molecule has 1 saturated carbocycles. The summed E-state index contributed by atoms with van der Waals surface area (Å²) in [6, 6.07) is 12.3. The van der Waals surface area contributed by atoms with E-state index in [9.17, 15) is 18.4 Å². The fourth-order valence-corrected chi connectivity index (χ4v) is 4.85. The largest absolute Gasteiger partial charge is 0.436 e. The highest BCUT2D eigenvalue weighted by Crippen LogP contribution is 2.40. The predicted molar refractivity (Wildman–Crippen MR) is 124 cm³/mol. The first-order valence-corrected chi connectivity index (χ1v) is 12.0. The average molecular weight is 467 g/mol. The molecule has 2 aliphatic heterocycles. The third-order valence-corrected chi connectivity index (χ3v) is 6.87. The van der Waals surface area contributed by atoms with Gasteiger partial charge in [0.1, 0.15) is 11.6 Å². The van der Waals surface area contributed by atoms with Gasteiger partial charge in [0.05, 0.1) is 6.04 Å². The smallest absolute Gasteiger partial charge is 0.410 e. The van der Waals surface area contributed by atoms with Gasteiger partial charge in [-0.2, -0.15) is 0 Å². The zero-order valence-corrected chi connectivity index (χ0v) is 19.0. The zero-order chi connectivity index (χ0) is 23.7. The van der Waals surface area contributed by atoms with E-state index in [1.165, 1.54) is 0 Å². The van der Waals surface area contributed by atoms with Gasteiger partial charge >= 0.3 is 6.09 Å². The summed E-state index contributed by atoms with van der Waals surface area (Å²) >= 11 is 0. The van der Waals surface area contributed by atoms with Crippen LogP contribution in [0.3, 0.4) is 0 Å². The standard InChI is InChI=1S/C27H28F2N2O3/c28-21-11-12-23(29)22(16-21)20-15-24(18-7-3-1-4-8-18)31(17-20)26(32)25(19-9-10-19)34-27(33)30-13-5-2-6-14-30/h1,3-4,7-8,11-12,15-16,19,24-25H,2,5-6,9-10,13-14,17H2/t24-,25-/m0/s1. The SMILES string of the molecule is O=C(O[C@H](C(=O)N1CC(c2cc(F)ccc2F)=C[C@H]1c1ccccc1)C1CC1)N1CCCCC1. The molecule has 34 heavy (non-hydrogen) atoms. The Labute approximate surface area is 198 Å². The molecule has 0 radical (unpaired) electrons. The molecule has 1 aliphatic carbocycles. The lowest BCUT2D eigenvalue weighted by molar-refractivity contribution is -0.142. The number of rotatable bonds is 5. The molecule has 5 nitrogen and oxygen atoms in total. The van der Waals surface area contributed by atoms with Crippen LogP contribution in [0.1, 0.15) is 49.3 Å². The fourth-order valence-electron chi connectivity index (χ4n) is 4.85. The minimum Gasteiger partial charge on any atom is -0.436 e. The highest BCUT2D eigenvalue weighted by molar-refractivity contribution is 5.88. The summed E-state index contributed by atoms with van der Waals surface area (Å²) in [4.78, 5) is 29.9. The zero-order valence-electron chi connectivity index (χ0n) is 19.0. The van der Waals surface area contributed by atoms with Gasteiger partial charge in [0.25, 0.3) is 5.91 Å². The van der Waals surface area contributed by atoms with Gasteiger partial charge in [0.2, 0.25) is 0 Å². The Balaban J connectivity index is 1.42. The van der Waals surface area contributed by atoms with Gasteiger partial charge in [-0.1, -0.05) is 36.4 Å². The van der Waals surface area contributed by atoms with E-state index in [1.54, 1.807) is 9.80 Å². The number of carbonyl (C=O) groups is 2. The Morgan fingerprint density at radius 3 is 2.41 bits per heavy atom. The average Bonchev–Trinajstić information content (AvgIpc) is 3.62. The van der Waals surface area contributed by atoms with Gasteiger partial charge in [-0.3, -0.25) is 4.79 Å². The fraction of sp³-hybridized carbons (Fsp3) is 0.407. The molecule has 2 amide bonds. The van der Waals surface area contributed by atoms with E-state index in [4.69, 9.17) is 4.74 Å². The molecule has 5 rings (SSSR count). The maximum atomic E-state index is 14.6. The van der Waals surface area contributed by atoms with Crippen molar-refractivity contribution >= 4 is 17.6 Å². The van der Waals surface area contributed by atoms with Crippen molar-refractivity contribution in [3.8, 4) is 0 Å². The molecule has 178 valence electrons. The minimum atomic E-state index is -0.870. The second-order valence-corrected chi connectivity index (χ2v) is 9.33. The molecule has 2 fully saturated rings. The molecule has 0 bridgehead atoms. The van der Waals surface area contributed by atoms with E-state index in [0.29, 0.717) is 18.7 Å². The van der Waals surface area contributed by atoms with E-state index >= 15 is 0 Å². The van der Waals surface area contributed by atoms with Gasteiger partial charge in [-0.25, -0.2) is 13.6 Å². The van der Waals surface area contributed by atoms with Gasteiger partial charge in [0.15, 0.2) is 6.10 Å². The van der Waals surface area contributed by atoms with Crippen LogP contribution in [0.4, 0.5) is 13.6 Å². The Bertz CT molecular complexity index is 1090. The molecule has 1 saturated heterocycles. The van der Waals surface area contributed by atoms with Crippen LogP contribution in [0.15, 0.2) is 54.6 Å². The summed E-state index contributed by atoms with van der Waals surface area (Å²) in [7, 11) is 0.